The third-order valence-electron chi connectivity index (χ3n) is 2.80. The predicted octanol–water partition coefficient (Wildman–Crippen LogP) is 5.08. The van der Waals surface area contributed by atoms with E-state index in [9.17, 15) is 0 Å². The van der Waals surface area contributed by atoms with Crippen LogP contribution in [0.25, 0.3) is 0 Å². The number of thioether (sulfide) groups is 1. The lowest BCUT2D eigenvalue weighted by Gasteiger charge is -2.06. The predicted molar refractivity (Wildman–Crippen MR) is 89.5 cm³/mol. The molecule has 0 aliphatic rings. The van der Waals surface area contributed by atoms with Gasteiger partial charge in [-0.1, -0.05) is 45.3 Å². The summed E-state index contributed by atoms with van der Waals surface area (Å²) in [5.41, 5.74) is 12.0. The molecule has 0 saturated carbocycles. The van der Waals surface area contributed by atoms with Gasteiger partial charge in [0, 0.05) is 21.7 Å². The molecule has 0 fully saturated rings. The molecule has 3 heteroatoms. The minimum atomic E-state index is 0.816. The van der Waals surface area contributed by atoms with Crippen molar-refractivity contribution in [3.05, 3.63) is 63.1 Å². The molecule has 0 unspecified atom stereocenters. The van der Waals surface area contributed by atoms with Crippen molar-refractivity contribution in [1.82, 2.24) is 0 Å². The molecule has 0 spiro atoms. The number of hydrogen-bond donors (Lipinski definition) is 1. The number of nitrogen functional groups attached to an aromatic ring is 1. The van der Waals surface area contributed by atoms with Crippen molar-refractivity contribution in [2.75, 3.05) is 5.73 Å². The van der Waals surface area contributed by atoms with Gasteiger partial charge >= 0.3 is 0 Å². The van der Waals surface area contributed by atoms with E-state index in [1.54, 1.807) is 0 Å². The zero-order valence-corrected chi connectivity index (χ0v) is 13.6. The van der Waals surface area contributed by atoms with E-state index in [0.717, 1.165) is 21.7 Å². The fraction of sp³-hybridized carbons (Fsp3) is 0.250. The van der Waals surface area contributed by atoms with E-state index < -0.39 is 0 Å². The second-order valence-electron chi connectivity index (χ2n) is 4.88. The first-order valence-electron chi connectivity index (χ1n) is 6.23. The number of rotatable bonds is 4. The van der Waals surface area contributed by atoms with E-state index in [0.29, 0.717) is 0 Å². The number of hydrogen-bond acceptors (Lipinski definition) is 2. The van der Waals surface area contributed by atoms with Crippen LogP contribution in [0.5, 0.6) is 0 Å². The quantitative estimate of drug-likeness (QED) is 0.788. The SMILES string of the molecule is Cc1cc(C)cc(CSCc2cc(N)cc(Br)c2)c1. The Morgan fingerprint density at radius 1 is 0.895 bits per heavy atom. The Balaban J connectivity index is 1.96. The molecular formula is C16H18BrNS. The molecule has 19 heavy (non-hydrogen) atoms. The number of anilines is 1. The normalized spacial score (nSPS) is 10.7. The second-order valence-corrected chi connectivity index (χ2v) is 6.78. The van der Waals surface area contributed by atoms with Gasteiger partial charge in [-0.05, 0) is 43.2 Å². The Morgan fingerprint density at radius 3 is 2.05 bits per heavy atom. The Labute approximate surface area is 127 Å². The first-order chi connectivity index (χ1) is 9.02. The van der Waals surface area contributed by atoms with Crippen LogP contribution < -0.4 is 5.73 Å². The molecule has 2 rings (SSSR count). The molecule has 2 N–H and O–H groups in total. The minimum absolute atomic E-state index is 0.816. The van der Waals surface area contributed by atoms with Gasteiger partial charge in [-0.3, -0.25) is 0 Å². The van der Waals surface area contributed by atoms with E-state index >= 15 is 0 Å². The van der Waals surface area contributed by atoms with Gasteiger partial charge < -0.3 is 5.73 Å². The lowest BCUT2D eigenvalue weighted by molar-refractivity contribution is 1.29. The summed E-state index contributed by atoms with van der Waals surface area (Å²) in [6.07, 6.45) is 0. The zero-order valence-electron chi connectivity index (χ0n) is 11.2. The van der Waals surface area contributed by atoms with E-state index in [1.165, 1.54) is 22.3 Å². The Kier molecular flexibility index (Phi) is 4.94. The smallest absolute Gasteiger partial charge is 0.0328 e. The topological polar surface area (TPSA) is 26.0 Å². The highest BCUT2D eigenvalue weighted by molar-refractivity contribution is 9.10. The molecule has 0 aromatic heterocycles. The maximum absolute atomic E-state index is 5.84. The van der Waals surface area contributed by atoms with Crippen LogP contribution in [-0.2, 0) is 11.5 Å². The van der Waals surface area contributed by atoms with Gasteiger partial charge in [0.2, 0.25) is 0 Å². The van der Waals surface area contributed by atoms with Crippen molar-refractivity contribution >= 4 is 33.4 Å². The van der Waals surface area contributed by atoms with Crippen molar-refractivity contribution in [3.8, 4) is 0 Å². The Bertz CT molecular complexity index is 489. The standard InChI is InChI=1S/C16H18BrNS/c1-11-3-12(2)5-13(4-11)9-19-10-14-6-15(17)8-16(18)7-14/h3-8H,9-10,18H2,1-2H3. The van der Waals surface area contributed by atoms with Crippen LogP contribution in [0.1, 0.15) is 22.3 Å². The highest BCUT2D eigenvalue weighted by Gasteiger charge is 2.00. The molecule has 0 heterocycles. The molecule has 0 saturated heterocycles. The summed E-state index contributed by atoms with van der Waals surface area (Å²) in [6.45, 7) is 4.30. The summed E-state index contributed by atoms with van der Waals surface area (Å²) >= 11 is 5.40. The van der Waals surface area contributed by atoms with Crippen molar-refractivity contribution in [2.45, 2.75) is 25.4 Å². The molecule has 0 bridgehead atoms. The highest BCUT2D eigenvalue weighted by atomic mass is 79.9. The van der Waals surface area contributed by atoms with Crippen LogP contribution in [0.15, 0.2) is 40.9 Å². The monoisotopic (exact) mass is 335 g/mol. The fourth-order valence-electron chi connectivity index (χ4n) is 2.20. The van der Waals surface area contributed by atoms with Gasteiger partial charge in [-0.2, -0.15) is 11.8 Å². The average molecular weight is 336 g/mol. The second kappa shape index (κ2) is 6.49. The van der Waals surface area contributed by atoms with E-state index in [4.69, 9.17) is 5.73 Å². The molecule has 2 aromatic carbocycles. The van der Waals surface area contributed by atoms with Crippen LogP contribution in [0, 0.1) is 13.8 Å². The molecule has 0 atom stereocenters. The third kappa shape index (κ3) is 4.59. The fourth-order valence-corrected chi connectivity index (χ4v) is 3.66. The maximum Gasteiger partial charge on any atom is 0.0328 e. The summed E-state index contributed by atoms with van der Waals surface area (Å²) in [7, 11) is 0. The lowest BCUT2D eigenvalue weighted by Crippen LogP contribution is -1.89. The first-order valence-corrected chi connectivity index (χ1v) is 8.17. The summed E-state index contributed by atoms with van der Waals surface area (Å²) in [4.78, 5) is 0. The molecule has 1 nitrogen and oxygen atoms in total. The molecule has 2 aromatic rings. The Morgan fingerprint density at radius 2 is 1.47 bits per heavy atom. The summed E-state index contributed by atoms with van der Waals surface area (Å²) in [5, 5.41) is 0. The van der Waals surface area contributed by atoms with Crippen LogP contribution in [0.2, 0.25) is 0 Å². The van der Waals surface area contributed by atoms with Crippen molar-refractivity contribution < 1.29 is 0 Å². The summed E-state index contributed by atoms with van der Waals surface area (Å²) < 4.78 is 1.05. The first kappa shape index (κ1) is 14.5. The molecule has 0 amide bonds. The van der Waals surface area contributed by atoms with Crippen molar-refractivity contribution in [2.24, 2.45) is 0 Å². The number of benzene rings is 2. The van der Waals surface area contributed by atoms with E-state index in [-0.39, 0.29) is 0 Å². The zero-order chi connectivity index (χ0) is 13.8. The van der Waals surface area contributed by atoms with Gasteiger partial charge in [0.25, 0.3) is 0 Å². The van der Waals surface area contributed by atoms with E-state index in [1.807, 2.05) is 23.9 Å². The Hall–Kier alpha value is -0.930. The molecule has 100 valence electrons. The number of aryl methyl sites for hydroxylation is 2. The van der Waals surface area contributed by atoms with Crippen LogP contribution in [-0.4, -0.2) is 0 Å². The molecular weight excluding hydrogens is 318 g/mol. The number of nitrogens with two attached hydrogens (primary N) is 1. The van der Waals surface area contributed by atoms with Gasteiger partial charge in [0.05, 0.1) is 0 Å². The molecule has 0 aliphatic heterocycles. The van der Waals surface area contributed by atoms with Gasteiger partial charge in [-0.25, -0.2) is 0 Å². The van der Waals surface area contributed by atoms with Crippen molar-refractivity contribution in [3.63, 3.8) is 0 Å². The van der Waals surface area contributed by atoms with Crippen LogP contribution in [0.3, 0.4) is 0 Å². The minimum Gasteiger partial charge on any atom is -0.399 e. The average Bonchev–Trinajstić information content (AvgIpc) is 2.26. The largest absolute Gasteiger partial charge is 0.399 e. The van der Waals surface area contributed by atoms with Crippen LogP contribution >= 0.6 is 27.7 Å². The maximum atomic E-state index is 5.84. The van der Waals surface area contributed by atoms with Gasteiger partial charge in [0.15, 0.2) is 0 Å². The van der Waals surface area contributed by atoms with E-state index in [2.05, 4.69) is 54.0 Å². The van der Waals surface area contributed by atoms with Gasteiger partial charge in [-0.15, -0.1) is 0 Å². The third-order valence-corrected chi connectivity index (χ3v) is 4.33. The molecule has 0 radical (unpaired) electrons. The lowest BCUT2D eigenvalue weighted by atomic mass is 10.1. The summed E-state index contributed by atoms with van der Waals surface area (Å²) in [6, 6.07) is 12.8. The van der Waals surface area contributed by atoms with Crippen molar-refractivity contribution in [1.29, 1.82) is 0 Å². The van der Waals surface area contributed by atoms with Gasteiger partial charge in [0.1, 0.15) is 0 Å². The number of halogens is 1. The highest BCUT2D eigenvalue weighted by Crippen LogP contribution is 2.23. The van der Waals surface area contributed by atoms with Crippen LogP contribution in [0.4, 0.5) is 5.69 Å². The molecule has 0 aliphatic carbocycles. The summed E-state index contributed by atoms with van der Waals surface area (Å²) in [5.74, 6) is 2.02.